The molecular weight excluding hydrogens is 701 g/mol. The van der Waals surface area contributed by atoms with Crippen LogP contribution in [0.3, 0.4) is 0 Å². The van der Waals surface area contributed by atoms with Gasteiger partial charge in [0, 0.05) is 33.2 Å². The molecular formula is C56H38N2. The molecule has 0 saturated carbocycles. The summed E-state index contributed by atoms with van der Waals surface area (Å²) < 4.78 is 44.3. The van der Waals surface area contributed by atoms with Gasteiger partial charge in [-0.2, -0.15) is 0 Å². The van der Waals surface area contributed by atoms with Gasteiger partial charge < -0.3 is 9.47 Å². The first-order chi connectivity index (χ1) is 30.8. The topological polar surface area (TPSA) is 8.17 Å². The van der Waals surface area contributed by atoms with Crippen molar-refractivity contribution in [3.05, 3.63) is 230 Å². The van der Waals surface area contributed by atoms with Crippen LogP contribution in [0.4, 0.5) is 17.1 Å². The molecule has 0 aliphatic carbocycles. The summed E-state index contributed by atoms with van der Waals surface area (Å²) in [4.78, 5) is 2.23. The normalized spacial score (nSPS) is 12.7. The second-order valence-electron chi connectivity index (χ2n) is 14.6. The predicted octanol–water partition coefficient (Wildman–Crippen LogP) is 15.6. The molecule has 2 nitrogen and oxygen atoms in total. The molecule has 0 fully saturated rings. The Morgan fingerprint density at radius 2 is 0.948 bits per heavy atom. The van der Waals surface area contributed by atoms with Gasteiger partial charge >= 0.3 is 0 Å². The Kier molecular flexibility index (Phi) is 6.98. The Hall–Kier alpha value is -7.68. The number of hydrogen-bond donors (Lipinski definition) is 0. The van der Waals surface area contributed by atoms with Gasteiger partial charge in [0.05, 0.1) is 23.6 Å². The lowest BCUT2D eigenvalue weighted by atomic mass is 9.95. The quantitative estimate of drug-likeness (QED) is 0.158. The van der Waals surface area contributed by atoms with Gasteiger partial charge in [0.25, 0.3) is 0 Å². The molecule has 0 atom stereocenters. The van der Waals surface area contributed by atoms with Crippen molar-refractivity contribution < 1.29 is 6.85 Å². The highest BCUT2D eigenvalue weighted by Gasteiger charge is 2.19. The smallest absolute Gasteiger partial charge is 0.0629 e. The van der Waals surface area contributed by atoms with E-state index >= 15 is 0 Å². The van der Waals surface area contributed by atoms with Crippen molar-refractivity contribution in [1.29, 1.82) is 0 Å². The number of rotatable bonds is 7. The molecule has 10 aromatic carbocycles. The van der Waals surface area contributed by atoms with E-state index in [0.717, 1.165) is 66.8 Å². The molecule has 272 valence electrons. The molecule has 0 amide bonds. The first-order valence-electron chi connectivity index (χ1n) is 22.0. The Morgan fingerprint density at radius 1 is 0.362 bits per heavy atom. The fraction of sp³-hybridized carbons (Fsp3) is 0. The molecule has 11 aromatic rings. The standard InChI is InChI=1S/C56H38N2/c1-3-13-39(14-4-1)42-23-29-46(30-24-42)57(47-31-25-43(26-32-47)40-15-5-2-6-16-40)55-36-35-49(50-19-9-10-20-51(50)55)45-28-34-53-52-21-11-12-22-54(52)58(56(53)38-45)48-33-27-41-17-7-8-18-44(41)37-48/h1-38H/i1D,3D,4D,13D,14D. The fourth-order valence-electron chi connectivity index (χ4n) is 8.49. The molecule has 0 aliphatic rings. The van der Waals surface area contributed by atoms with Crippen molar-refractivity contribution >= 4 is 60.4 Å². The van der Waals surface area contributed by atoms with Crippen molar-refractivity contribution in [2.24, 2.45) is 0 Å². The minimum atomic E-state index is -0.405. The van der Waals surface area contributed by atoms with E-state index in [9.17, 15) is 0 Å². The maximum atomic E-state index is 8.63. The van der Waals surface area contributed by atoms with Crippen LogP contribution in [-0.2, 0) is 0 Å². The number of aromatic nitrogens is 1. The van der Waals surface area contributed by atoms with Gasteiger partial charge in [0.15, 0.2) is 0 Å². The van der Waals surface area contributed by atoms with Gasteiger partial charge in [-0.25, -0.2) is 0 Å². The van der Waals surface area contributed by atoms with Crippen molar-refractivity contribution in [1.82, 2.24) is 4.57 Å². The molecule has 0 unspecified atom stereocenters. The fourth-order valence-corrected chi connectivity index (χ4v) is 8.49. The summed E-state index contributed by atoms with van der Waals surface area (Å²) in [5.74, 6) is 0. The molecule has 0 N–H and O–H groups in total. The Labute approximate surface area is 345 Å². The molecule has 2 heteroatoms. The lowest BCUT2D eigenvalue weighted by Gasteiger charge is -2.28. The van der Waals surface area contributed by atoms with Gasteiger partial charge in [-0.3, -0.25) is 0 Å². The number of nitrogens with zero attached hydrogens (tertiary/aromatic N) is 2. The van der Waals surface area contributed by atoms with E-state index in [1.54, 1.807) is 0 Å². The number of para-hydroxylation sites is 1. The average Bonchev–Trinajstić information content (AvgIpc) is 3.67. The highest BCUT2D eigenvalue weighted by atomic mass is 15.1. The van der Waals surface area contributed by atoms with Gasteiger partial charge in [-0.05, 0) is 104 Å². The van der Waals surface area contributed by atoms with Gasteiger partial charge in [0.1, 0.15) is 0 Å². The molecule has 0 spiro atoms. The monoisotopic (exact) mass is 743 g/mol. The predicted molar refractivity (Wildman–Crippen MR) is 247 cm³/mol. The van der Waals surface area contributed by atoms with Crippen LogP contribution in [0.25, 0.3) is 82.4 Å². The second kappa shape index (κ2) is 14.1. The average molecular weight is 744 g/mol. The highest BCUT2D eigenvalue weighted by Crippen LogP contribution is 2.44. The number of hydrogen-bond acceptors (Lipinski definition) is 1. The molecule has 1 aromatic heterocycles. The Morgan fingerprint density at radius 3 is 1.71 bits per heavy atom. The number of anilines is 3. The zero-order valence-corrected chi connectivity index (χ0v) is 31.4. The van der Waals surface area contributed by atoms with E-state index in [1.165, 1.54) is 21.5 Å². The van der Waals surface area contributed by atoms with Gasteiger partial charge in [-0.15, -0.1) is 0 Å². The summed E-state index contributed by atoms with van der Waals surface area (Å²) >= 11 is 0. The minimum absolute atomic E-state index is 0.178. The first-order valence-corrected chi connectivity index (χ1v) is 19.5. The largest absolute Gasteiger partial charge is 0.310 e. The number of fused-ring (bicyclic) bond motifs is 5. The van der Waals surface area contributed by atoms with Crippen molar-refractivity contribution in [3.63, 3.8) is 0 Å². The summed E-state index contributed by atoms with van der Waals surface area (Å²) in [7, 11) is 0. The third kappa shape index (κ3) is 5.82. The Bertz CT molecular complexity index is 3530. The van der Waals surface area contributed by atoms with E-state index < -0.39 is 6.04 Å². The third-order valence-electron chi connectivity index (χ3n) is 11.3. The molecule has 0 saturated heterocycles. The van der Waals surface area contributed by atoms with Gasteiger partial charge in [0.2, 0.25) is 0 Å². The Balaban J connectivity index is 1.07. The van der Waals surface area contributed by atoms with Crippen LogP contribution in [0.1, 0.15) is 6.85 Å². The third-order valence-corrected chi connectivity index (χ3v) is 11.3. The van der Waals surface area contributed by atoms with Gasteiger partial charge in [-0.1, -0.05) is 176 Å². The van der Waals surface area contributed by atoms with E-state index in [4.69, 9.17) is 6.85 Å². The van der Waals surface area contributed by atoms with Crippen LogP contribution in [0.15, 0.2) is 230 Å². The lowest BCUT2D eigenvalue weighted by molar-refractivity contribution is 1.19. The summed E-state index contributed by atoms with van der Waals surface area (Å²) in [5.41, 5.74) is 11.4. The molecule has 11 rings (SSSR count). The molecule has 0 aliphatic heterocycles. The zero-order valence-electron chi connectivity index (χ0n) is 36.4. The SMILES string of the molecule is [2H]c1c([2H])c([2H])c(-c2ccc(N(c3ccc(-c4ccccc4)cc3)c3ccc(-c4ccc5c6ccccc6n(-c6ccc7ccccc7c6)c5c4)c4ccccc34)cc2)c([2H])c1[2H]. The van der Waals surface area contributed by atoms with Crippen LogP contribution in [-0.4, -0.2) is 4.57 Å². The van der Waals surface area contributed by atoms with Crippen LogP contribution >= 0.6 is 0 Å². The van der Waals surface area contributed by atoms with E-state index in [2.05, 4.69) is 167 Å². The van der Waals surface area contributed by atoms with E-state index in [-0.39, 0.29) is 29.7 Å². The summed E-state index contributed by atoms with van der Waals surface area (Å²) in [6.45, 7) is 0. The van der Waals surface area contributed by atoms with Crippen molar-refractivity contribution in [2.45, 2.75) is 0 Å². The first kappa shape index (κ1) is 28.7. The van der Waals surface area contributed by atoms with Crippen LogP contribution < -0.4 is 4.90 Å². The molecule has 1 heterocycles. The zero-order chi connectivity index (χ0) is 42.8. The van der Waals surface area contributed by atoms with Crippen LogP contribution in [0, 0.1) is 0 Å². The lowest BCUT2D eigenvalue weighted by Crippen LogP contribution is -2.10. The highest BCUT2D eigenvalue weighted by molar-refractivity contribution is 6.12. The number of benzene rings is 10. The maximum Gasteiger partial charge on any atom is 0.0629 e. The van der Waals surface area contributed by atoms with Crippen molar-refractivity contribution in [2.75, 3.05) is 4.90 Å². The molecule has 58 heavy (non-hydrogen) atoms. The molecule has 0 radical (unpaired) electrons. The van der Waals surface area contributed by atoms with Crippen molar-refractivity contribution in [3.8, 4) is 39.1 Å². The van der Waals surface area contributed by atoms with Crippen LogP contribution in [0.2, 0.25) is 0 Å². The van der Waals surface area contributed by atoms with E-state index in [1.807, 2.05) is 42.5 Å². The maximum absolute atomic E-state index is 8.63. The summed E-state index contributed by atoms with van der Waals surface area (Å²) in [6.07, 6.45) is 0. The van der Waals surface area contributed by atoms with E-state index in [0.29, 0.717) is 5.56 Å². The molecule has 0 bridgehead atoms. The second-order valence-corrected chi connectivity index (χ2v) is 14.6. The summed E-state index contributed by atoms with van der Waals surface area (Å²) in [6, 6.07) is 68.5. The van der Waals surface area contributed by atoms with Crippen LogP contribution in [0.5, 0.6) is 0 Å². The minimum Gasteiger partial charge on any atom is -0.310 e. The summed E-state index contributed by atoms with van der Waals surface area (Å²) in [5, 5.41) is 6.97.